The first kappa shape index (κ1) is 17.4. The Kier molecular flexibility index (Phi) is 4.40. The first-order chi connectivity index (χ1) is 12.4. The van der Waals surface area contributed by atoms with Crippen molar-refractivity contribution in [2.75, 3.05) is 13.1 Å². The van der Waals surface area contributed by atoms with Crippen LogP contribution in [0.15, 0.2) is 33.6 Å². The van der Waals surface area contributed by atoms with Gasteiger partial charge in [-0.1, -0.05) is 12.1 Å². The Labute approximate surface area is 152 Å². The Balaban J connectivity index is 1.46. The molecule has 0 radical (unpaired) electrons. The third kappa shape index (κ3) is 3.31. The standard InChI is InChI=1S/C18H21N3O4S/c1-12(22)15-3-2-4-16(11-15)26(23,24)21-9-7-14(8-10-21)18-20-19-17(25-18)13-5-6-13/h2-4,11,13-14H,5-10H2,1H3. The molecule has 0 spiro atoms. The summed E-state index contributed by atoms with van der Waals surface area (Å²) in [5, 5.41) is 8.27. The summed E-state index contributed by atoms with van der Waals surface area (Å²) in [6.07, 6.45) is 3.52. The Bertz CT molecular complexity index is 925. The second kappa shape index (κ2) is 6.59. The largest absolute Gasteiger partial charge is 0.425 e. The lowest BCUT2D eigenvalue weighted by Gasteiger charge is -2.29. The second-order valence-corrected chi connectivity index (χ2v) is 8.95. The molecule has 0 unspecified atom stereocenters. The van der Waals surface area contributed by atoms with Crippen LogP contribution in [0.3, 0.4) is 0 Å². The molecule has 2 aromatic rings. The van der Waals surface area contributed by atoms with E-state index in [1.165, 1.54) is 23.4 Å². The molecule has 1 saturated carbocycles. The monoisotopic (exact) mass is 375 g/mol. The van der Waals surface area contributed by atoms with Crippen LogP contribution in [0, 0.1) is 0 Å². The van der Waals surface area contributed by atoms with E-state index >= 15 is 0 Å². The van der Waals surface area contributed by atoms with Crippen LogP contribution in [0.5, 0.6) is 0 Å². The molecule has 8 heteroatoms. The van der Waals surface area contributed by atoms with E-state index < -0.39 is 10.0 Å². The van der Waals surface area contributed by atoms with Gasteiger partial charge in [0, 0.05) is 30.5 Å². The summed E-state index contributed by atoms with van der Waals surface area (Å²) in [6.45, 7) is 2.23. The Hall–Kier alpha value is -2.06. The molecule has 2 aliphatic rings. The molecule has 1 aromatic heterocycles. The molecular formula is C18H21N3O4S. The fraction of sp³-hybridized carbons (Fsp3) is 0.500. The summed E-state index contributed by atoms with van der Waals surface area (Å²) < 4.78 is 33.0. The number of nitrogens with zero attached hydrogens (tertiary/aromatic N) is 3. The molecule has 138 valence electrons. The highest BCUT2D eigenvalue weighted by Crippen LogP contribution is 2.40. The van der Waals surface area contributed by atoms with Crippen molar-refractivity contribution in [1.29, 1.82) is 0 Å². The number of ketones is 1. The number of sulfonamides is 1. The molecule has 0 N–H and O–H groups in total. The molecule has 2 heterocycles. The number of piperidine rings is 1. The molecule has 0 bridgehead atoms. The molecule has 7 nitrogen and oxygen atoms in total. The zero-order valence-electron chi connectivity index (χ0n) is 14.6. The number of carbonyl (C=O) groups is 1. The summed E-state index contributed by atoms with van der Waals surface area (Å²) in [6, 6.07) is 6.21. The lowest BCUT2D eigenvalue weighted by molar-refractivity contribution is 0.101. The average molecular weight is 375 g/mol. The third-order valence-corrected chi connectivity index (χ3v) is 6.96. The van der Waals surface area contributed by atoms with Crippen LogP contribution in [0.4, 0.5) is 0 Å². The minimum Gasteiger partial charge on any atom is -0.425 e. The quantitative estimate of drug-likeness (QED) is 0.746. The zero-order valence-corrected chi connectivity index (χ0v) is 15.4. The highest BCUT2D eigenvalue weighted by atomic mass is 32.2. The molecule has 2 fully saturated rings. The lowest BCUT2D eigenvalue weighted by atomic mass is 9.98. The van der Waals surface area contributed by atoms with E-state index in [-0.39, 0.29) is 16.6 Å². The maximum atomic E-state index is 12.9. The molecule has 0 atom stereocenters. The number of carbonyl (C=O) groups excluding carboxylic acids is 1. The fourth-order valence-electron chi connectivity index (χ4n) is 3.27. The van der Waals surface area contributed by atoms with Crippen molar-refractivity contribution in [3.05, 3.63) is 41.6 Å². The van der Waals surface area contributed by atoms with Crippen LogP contribution < -0.4 is 0 Å². The lowest BCUT2D eigenvalue weighted by Crippen LogP contribution is -2.38. The van der Waals surface area contributed by atoms with Gasteiger partial charge in [0.15, 0.2) is 5.78 Å². The van der Waals surface area contributed by atoms with Crippen molar-refractivity contribution >= 4 is 15.8 Å². The fourth-order valence-corrected chi connectivity index (χ4v) is 4.79. The van der Waals surface area contributed by atoms with Crippen molar-refractivity contribution in [3.63, 3.8) is 0 Å². The van der Waals surface area contributed by atoms with Crippen molar-refractivity contribution in [2.24, 2.45) is 0 Å². The number of rotatable bonds is 5. The van der Waals surface area contributed by atoms with Crippen LogP contribution in [0.1, 0.15) is 66.6 Å². The van der Waals surface area contributed by atoms with E-state index in [0.717, 1.165) is 18.7 Å². The summed E-state index contributed by atoms with van der Waals surface area (Å²) in [5.74, 6) is 1.72. The van der Waals surface area contributed by atoms with Crippen molar-refractivity contribution in [2.45, 2.75) is 49.3 Å². The predicted octanol–water partition coefficient (Wildman–Crippen LogP) is 2.72. The maximum absolute atomic E-state index is 12.9. The van der Waals surface area contributed by atoms with Gasteiger partial charge >= 0.3 is 0 Å². The smallest absolute Gasteiger partial charge is 0.243 e. The van der Waals surface area contributed by atoms with Gasteiger partial charge in [-0.25, -0.2) is 8.42 Å². The summed E-state index contributed by atoms with van der Waals surface area (Å²) in [7, 11) is -3.61. The highest BCUT2D eigenvalue weighted by Gasteiger charge is 2.34. The van der Waals surface area contributed by atoms with Gasteiger partial charge in [0.05, 0.1) is 4.90 Å². The van der Waals surface area contributed by atoms with Gasteiger partial charge in [-0.2, -0.15) is 4.31 Å². The minimum atomic E-state index is -3.61. The van der Waals surface area contributed by atoms with Crippen LogP contribution in [0.2, 0.25) is 0 Å². The molecule has 1 aliphatic heterocycles. The molecule has 1 saturated heterocycles. The Morgan fingerprint density at radius 1 is 1.08 bits per heavy atom. The van der Waals surface area contributed by atoms with Gasteiger partial charge in [0.1, 0.15) is 0 Å². The van der Waals surface area contributed by atoms with Gasteiger partial charge < -0.3 is 4.42 Å². The SMILES string of the molecule is CC(=O)c1cccc(S(=O)(=O)N2CCC(c3nnc(C4CC4)o3)CC2)c1. The van der Waals surface area contributed by atoms with Gasteiger partial charge in [0.2, 0.25) is 21.8 Å². The van der Waals surface area contributed by atoms with Crippen LogP contribution in [-0.4, -0.2) is 41.8 Å². The summed E-state index contributed by atoms with van der Waals surface area (Å²) in [5.41, 5.74) is 0.402. The number of hydrogen-bond acceptors (Lipinski definition) is 6. The Morgan fingerprint density at radius 2 is 1.69 bits per heavy atom. The number of aromatic nitrogens is 2. The second-order valence-electron chi connectivity index (χ2n) is 7.02. The van der Waals surface area contributed by atoms with E-state index in [0.29, 0.717) is 43.3 Å². The first-order valence-electron chi connectivity index (χ1n) is 8.89. The predicted molar refractivity (Wildman–Crippen MR) is 93.5 cm³/mol. The van der Waals surface area contributed by atoms with Gasteiger partial charge in [-0.3, -0.25) is 4.79 Å². The van der Waals surface area contributed by atoms with E-state index in [4.69, 9.17) is 4.42 Å². The van der Waals surface area contributed by atoms with Crippen molar-refractivity contribution in [1.82, 2.24) is 14.5 Å². The van der Waals surface area contributed by atoms with E-state index in [9.17, 15) is 13.2 Å². The van der Waals surface area contributed by atoms with E-state index in [1.807, 2.05) is 0 Å². The molecular weight excluding hydrogens is 354 g/mol. The van der Waals surface area contributed by atoms with E-state index in [1.54, 1.807) is 12.1 Å². The normalized spacial score (nSPS) is 19.6. The van der Waals surface area contributed by atoms with Gasteiger partial charge in [-0.15, -0.1) is 10.2 Å². The Morgan fingerprint density at radius 3 is 2.27 bits per heavy atom. The van der Waals surface area contributed by atoms with Crippen molar-refractivity contribution in [3.8, 4) is 0 Å². The van der Waals surface area contributed by atoms with Crippen LogP contribution >= 0.6 is 0 Å². The minimum absolute atomic E-state index is 0.102. The summed E-state index contributed by atoms with van der Waals surface area (Å²) >= 11 is 0. The molecule has 1 aromatic carbocycles. The van der Waals surface area contributed by atoms with Gasteiger partial charge in [0.25, 0.3) is 0 Å². The molecule has 0 amide bonds. The number of benzene rings is 1. The maximum Gasteiger partial charge on any atom is 0.243 e. The highest BCUT2D eigenvalue weighted by molar-refractivity contribution is 7.89. The van der Waals surface area contributed by atoms with Crippen molar-refractivity contribution < 1.29 is 17.6 Å². The molecule has 4 rings (SSSR count). The first-order valence-corrected chi connectivity index (χ1v) is 10.3. The van der Waals surface area contributed by atoms with E-state index in [2.05, 4.69) is 10.2 Å². The molecule has 1 aliphatic carbocycles. The van der Waals surface area contributed by atoms with Crippen LogP contribution in [0.25, 0.3) is 0 Å². The van der Waals surface area contributed by atoms with Crippen LogP contribution in [-0.2, 0) is 10.0 Å². The zero-order chi connectivity index (χ0) is 18.3. The number of hydrogen-bond donors (Lipinski definition) is 0. The topological polar surface area (TPSA) is 93.4 Å². The third-order valence-electron chi connectivity index (χ3n) is 5.06. The summed E-state index contributed by atoms with van der Waals surface area (Å²) in [4.78, 5) is 11.7. The van der Waals surface area contributed by atoms with Gasteiger partial charge in [-0.05, 0) is 44.7 Å². The average Bonchev–Trinajstić information content (AvgIpc) is 3.39. The molecule has 26 heavy (non-hydrogen) atoms. The number of Topliss-reactive ketones (excluding diaryl/α,β-unsaturated/α-hetero) is 1.